The van der Waals surface area contributed by atoms with E-state index in [9.17, 15) is 0 Å². The molecule has 3 heterocycles. The second-order valence-corrected chi connectivity index (χ2v) is 8.77. The molecule has 0 unspecified atom stereocenters. The maximum atomic E-state index is 6.42. The first-order chi connectivity index (χ1) is 17.8. The van der Waals surface area contributed by atoms with E-state index in [0.717, 1.165) is 60.6 Å². The van der Waals surface area contributed by atoms with Crippen LogP contribution in [0, 0.1) is 6.92 Å². The standard InChI is InChI=1S/C27H33N6O3/c1-2-34-14-15-35-13-11-28-16-20-9-10-24(23-8-4-3-7-22(20)23)36-17-21-6-5-12-33(21)27-25-26(30-18-29-25)31-19-32-27/h3-4,7-10,18-19,21,28H,1-2,5-6,11-17H2,(H,29,30,31,32)/t21-/m1/s1. The van der Waals surface area contributed by atoms with Crippen LogP contribution in [-0.4, -0.2) is 72.1 Å². The number of aromatic nitrogens is 4. The minimum absolute atomic E-state index is 0.235. The van der Waals surface area contributed by atoms with E-state index in [0.29, 0.717) is 33.0 Å². The lowest BCUT2D eigenvalue weighted by Crippen LogP contribution is -2.35. The molecule has 2 aromatic heterocycles. The molecule has 4 aromatic rings. The Kier molecular flexibility index (Phi) is 8.22. The number of nitrogens with one attached hydrogen (secondary N) is 2. The minimum atomic E-state index is 0.235. The van der Waals surface area contributed by atoms with Crippen LogP contribution in [0.1, 0.15) is 18.4 Å². The van der Waals surface area contributed by atoms with Gasteiger partial charge in [-0.2, -0.15) is 0 Å². The van der Waals surface area contributed by atoms with Gasteiger partial charge in [-0.05, 0) is 36.8 Å². The summed E-state index contributed by atoms with van der Waals surface area (Å²) in [5, 5.41) is 5.79. The summed E-state index contributed by atoms with van der Waals surface area (Å²) in [7, 11) is 0. The molecule has 2 N–H and O–H groups in total. The lowest BCUT2D eigenvalue weighted by atomic mass is 10.0. The molecule has 1 aliphatic heterocycles. The van der Waals surface area contributed by atoms with E-state index < -0.39 is 0 Å². The van der Waals surface area contributed by atoms with Crippen molar-refractivity contribution in [2.45, 2.75) is 25.4 Å². The van der Waals surface area contributed by atoms with Gasteiger partial charge in [0.25, 0.3) is 0 Å². The molecule has 1 fully saturated rings. The second-order valence-electron chi connectivity index (χ2n) is 8.77. The van der Waals surface area contributed by atoms with E-state index in [1.54, 1.807) is 12.7 Å². The Labute approximate surface area is 211 Å². The van der Waals surface area contributed by atoms with Gasteiger partial charge in [0.05, 0.1) is 32.2 Å². The van der Waals surface area contributed by atoms with Gasteiger partial charge in [-0.1, -0.05) is 30.3 Å². The van der Waals surface area contributed by atoms with Gasteiger partial charge in [0.2, 0.25) is 0 Å². The number of hydrogen-bond acceptors (Lipinski definition) is 8. The average molecular weight is 490 g/mol. The average Bonchev–Trinajstić information content (AvgIpc) is 3.59. The molecule has 1 aliphatic rings. The number of aromatic amines is 1. The van der Waals surface area contributed by atoms with Gasteiger partial charge in [-0.3, -0.25) is 0 Å². The smallest absolute Gasteiger partial charge is 0.162 e. The quantitative estimate of drug-likeness (QED) is 0.276. The van der Waals surface area contributed by atoms with Gasteiger partial charge in [0, 0.05) is 31.6 Å². The molecule has 0 saturated carbocycles. The van der Waals surface area contributed by atoms with E-state index in [2.05, 4.69) is 73.5 Å². The molecule has 9 nitrogen and oxygen atoms in total. The predicted molar refractivity (Wildman–Crippen MR) is 140 cm³/mol. The molecule has 0 aliphatic carbocycles. The molecule has 0 spiro atoms. The van der Waals surface area contributed by atoms with Crippen LogP contribution in [0.2, 0.25) is 0 Å². The van der Waals surface area contributed by atoms with Crippen molar-refractivity contribution in [3.8, 4) is 5.75 Å². The van der Waals surface area contributed by atoms with Crippen molar-refractivity contribution in [2.24, 2.45) is 0 Å². The molecule has 5 rings (SSSR count). The van der Waals surface area contributed by atoms with Crippen LogP contribution < -0.4 is 15.0 Å². The van der Waals surface area contributed by atoms with E-state index in [1.807, 2.05) is 0 Å². The topological polar surface area (TPSA) is 97.4 Å². The number of ether oxygens (including phenoxy) is 3. The van der Waals surface area contributed by atoms with Crippen LogP contribution in [0.25, 0.3) is 21.9 Å². The van der Waals surface area contributed by atoms with Crippen LogP contribution in [-0.2, 0) is 16.0 Å². The summed E-state index contributed by atoms with van der Waals surface area (Å²) in [5.74, 6) is 1.78. The van der Waals surface area contributed by atoms with E-state index in [-0.39, 0.29) is 6.04 Å². The van der Waals surface area contributed by atoms with Crippen LogP contribution in [0.3, 0.4) is 0 Å². The zero-order valence-corrected chi connectivity index (χ0v) is 20.5. The summed E-state index contributed by atoms with van der Waals surface area (Å²) in [6.07, 6.45) is 5.42. The molecule has 2 aromatic carbocycles. The van der Waals surface area contributed by atoms with Crippen LogP contribution in [0.15, 0.2) is 49.1 Å². The summed E-state index contributed by atoms with van der Waals surface area (Å²) in [4.78, 5) is 18.6. The monoisotopic (exact) mass is 489 g/mol. The fraction of sp³-hybridized carbons (Fsp3) is 0.407. The Balaban J connectivity index is 1.21. The van der Waals surface area contributed by atoms with Gasteiger partial charge in [0.1, 0.15) is 24.2 Å². The van der Waals surface area contributed by atoms with Crippen molar-refractivity contribution in [3.63, 3.8) is 0 Å². The molecular formula is C27H33N6O3. The molecule has 0 bridgehead atoms. The first-order valence-electron chi connectivity index (χ1n) is 12.5. The van der Waals surface area contributed by atoms with Gasteiger partial charge in [-0.25, -0.2) is 15.0 Å². The lowest BCUT2D eigenvalue weighted by molar-refractivity contribution is 0.0590. The predicted octanol–water partition coefficient (Wildman–Crippen LogP) is 3.51. The summed E-state index contributed by atoms with van der Waals surface area (Å²) in [6, 6.07) is 12.9. The van der Waals surface area contributed by atoms with Crippen molar-refractivity contribution in [1.29, 1.82) is 0 Å². The number of hydrogen-bond donors (Lipinski definition) is 2. The first-order valence-corrected chi connectivity index (χ1v) is 12.5. The Bertz CT molecular complexity index is 1260. The molecule has 0 amide bonds. The third-order valence-corrected chi connectivity index (χ3v) is 6.51. The minimum Gasteiger partial charge on any atom is -0.491 e. The maximum absolute atomic E-state index is 6.42. The zero-order valence-electron chi connectivity index (χ0n) is 20.5. The normalized spacial score (nSPS) is 15.8. The molecule has 36 heavy (non-hydrogen) atoms. The van der Waals surface area contributed by atoms with Crippen molar-refractivity contribution in [2.75, 3.05) is 51.0 Å². The summed E-state index contributed by atoms with van der Waals surface area (Å²) in [5.41, 5.74) is 2.81. The highest BCUT2D eigenvalue weighted by molar-refractivity contribution is 5.91. The lowest BCUT2D eigenvalue weighted by Gasteiger charge is -2.26. The number of H-pyrrole nitrogens is 1. The highest BCUT2D eigenvalue weighted by Gasteiger charge is 2.28. The van der Waals surface area contributed by atoms with Crippen molar-refractivity contribution in [3.05, 3.63) is 61.5 Å². The van der Waals surface area contributed by atoms with Crippen LogP contribution in [0.5, 0.6) is 5.75 Å². The molecule has 1 radical (unpaired) electrons. The Morgan fingerprint density at radius 2 is 1.92 bits per heavy atom. The second kappa shape index (κ2) is 12.1. The molecule has 9 heteroatoms. The Hall–Kier alpha value is -3.27. The van der Waals surface area contributed by atoms with Gasteiger partial charge in [-0.15, -0.1) is 0 Å². The molecule has 1 saturated heterocycles. The molecule has 1 atom stereocenters. The van der Waals surface area contributed by atoms with Crippen molar-refractivity contribution in [1.82, 2.24) is 25.3 Å². The number of imidazole rings is 1. The Morgan fingerprint density at radius 3 is 2.83 bits per heavy atom. The highest BCUT2D eigenvalue weighted by Crippen LogP contribution is 2.31. The van der Waals surface area contributed by atoms with Gasteiger partial charge in [0.15, 0.2) is 11.5 Å². The highest BCUT2D eigenvalue weighted by atomic mass is 16.5. The van der Waals surface area contributed by atoms with E-state index in [1.165, 1.54) is 10.9 Å². The van der Waals surface area contributed by atoms with Crippen molar-refractivity contribution >= 4 is 27.8 Å². The molecular weight excluding hydrogens is 456 g/mol. The van der Waals surface area contributed by atoms with Crippen LogP contribution in [0.4, 0.5) is 5.82 Å². The number of benzene rings is 2. The Morgan fingerprint density at radius 1 is 1.03 bits per heavy atom. The zero-order chi connectivity index (χ0) is 24.6. The first kappa shape index (κ1) is 24.4. The molecule has 189 valence electrons. The van der Waals surface area contributed by atoms with Crippen molar-refractivity contribution < 1.29 is 14.2 Å². The number of anilines is 1. The third kappa shape index (κ3) is 5.59. The maximum Gasteiger partial charge on any atom is 0.162 e. The third-order valence-electron chi connectivity index (χ3n) is 6.51. The fourth-order valence-corrected chi connectivity index (χ4v) is 4.74. The number of rotatable bonds is 13. The fourth-order valence-electron chi connectivity index (χ4n) is 4.74. The van der Waals surface area contributed by atoms with E-state index >= 15 is 0 Å². The SMILES string of the molecule is [CH2]COCCOCCNCc1ccc(OC[C@H]2CCCN2c2ncnc3[nH]cnc23)c2ccccc12. The largest absolute Gasteiger partial charge is 0.491 e. The van der Waals surface area contributed by atoms with E-state index in [4.69, 9.17) is 14.2 Å². The number of nitrogens with zero attached hydrogens (tertiary/aromatic N) is 4. The summed E-state index contributed by atoms with van der Waals surface area (Å²) >= 11 is 0. The van der Waals surface area contributed by atoms with Gasteiger partial charge < -0.3 is 29.4 Å². The summed E-state index contributed by atoms with van der Waals surface area (Å²) in [6.45, 7) is 9.01. The van der Waals surface area contributed by atoms with Gasteiger partial charge >= 0.3 is 0 Å². The summed E-state index contributed by atoms with van der Waals surface area (Å²) < 4.78 is 17.2. The number of fused-ring (bicyclic) bond motifs is 2. The van der Waals surface area contributed by atoms with Crippen LogP contribution >= 0.6 is 0 Å².